The fourth-order valence-corrected chi connectivity index (χ4v) is 2.00. The lowest BCUT2D eigenvalue weighted by atomic mass is 10.0. The van der Waals surface area contributed by atoms with E-state index in [0.717, 1.165) is 11.1 Å². The molecule has 5 nitrogen and oxygen atoms in total. The minimum atomic E-state index is -0.307. The predicted molar refractivity (Wildman–Crippen MR) is 68.5 cm³/mol. The van der Waals surface area contributed by atoms with E-state index in [0.29, 0.717) is 18.9 Å². The molecule has 1 saturated heterocycles. The molecular weight excluding hydrogens is 232 g/mol. The molecule has 0 aliphatic carbocycles. The van der Waals surface area contributed by atoms with E-state index in [4.69, 9.17) is 10.5 Å². The molecule has 1 fully saturated rings. The van der Waals surface area contributed by atoms with Crippen LogP contribution in [0.2, 0.25) is 0 Å². The molecule has 0 bridgehead atoms. The topological polar surface area (TPSA) is 84.6 Å². The summed E-state index contributed by atoms with van der Waals surface area (Å²) in [4.78, 5) is 12.0. The monoisotopic (exact) mass is 250 g/mol. The molecule has 1 aromatic rings. The largest absolute Gasteiger partial charge is 0.508 e. The molecule has 1 aliphatic heterocycles. The maximum Gasteiger partial charge on any atom is 0.231 e. The van der Waals surface area contributed by atoms with Gasteiger partial charge in [0.2, 0.25) is 5.91 Å². The van der Waals surface area contributed by atoms with Crippen LogP contribution in [0.25, 0.3) is 0 Å². The summed E-state index contributed by atoms with van der Waals surface area (Å²) in [6.07, 6.45) is 0. The van der Waals surface area contributed by atoms with Gasteiger partial charge in [-0.25, -0.2) is 0 Å². The van der Waals surface area contributed by atoms with Crippen molar-refractivity contribution in [1.82, 2.24) is 0 Å². The first-order chi connectivity index (χ1) is 8.49. The molecule has 1 heterocycles. The van der Waals surface area contributed by atoms with Crippen molar-refractivity contribution < 1.29 is 14.6 Å². The second kappa shape index (κ2) is 4.96. The molecule has 98 valence electrons. The lowest BCUT2D eigenvalue weighted by molar-refractivity contribution is -0.120. The zero-order valence-corrected chi connectivity index (χ0v) is 10.6. The Bertz CT molecular complexity index is 474. The van der Waals surface area contributed by atoms with E-state index in [1.807, 2.05) is 6.92 Å². The lowest BCUT2D eigenvalue weighted by Gasteiger charge is -2.15. The first kappa shape index (κ1) is 12.9. The molecule has 2 rings (SSSR count). The van der Waals surface area contributed by atoms with Gasteiger partial charge in [0.25, 0.3) is 0 Å². The number of aryl methyl sites for hydroxylation is 2. The van der Waals surface area contributed by atoms with Crippen LogP contribution < -0.4 is 11.1 Å². The summed E-state index contributed by atoms with van der Waals surface area (Å²) in [5.74, 6) is -0.210. The van der Waals surface area contributed by atoms with E-state index in [1.165, 1.54) is 0 Å². The van der Waals surface area contributed by atoms with Crippen LogP contribution in [0.3, 0.4) is 0 Å². The average molecular weight is 250 g/mol. The molecule has 18 heavy (non-hydrogen) atoms. The highest BCUT2D eigenvalue weighted by Gasteiger charge is 2.31. The second-order valence-corrected chi connectivity index (χ2v) is 4.75. The lowest BCUT2D eigenvalue weighted by Crippen LogP contribution is -2.37. The van der Waals surface area contributed by atoms with Gasteiger partial charge in [0, 0.05) is 11.7 Å². The minimum Gasteiger partial charge on any atom is -0.508 e. The van der Waals surface area contributed by atoms with E-state index in [2.05, 4.69) is 5.32 Å². The number of ether oxygens (including phenoxy) is 1. The molecule has 5 heteroatoms. The Morgan fingerprint density at radius 2 is 2.11 bits per heavy atom. The van der Waals surface area contributed by atoms with Crippen molar-refractivity contribution in [2.45, 2.75) is 19.9 Å². The predicted octanol–water partition coefficient (Wildman–Crippen LogP) is 0.921. The molecule has 0 spiro atoms. The number of carbonyl (C=O) groups excluding carboxylic acids is 1. The Kier molecular flexibility index (Phi) is 3.54. The number of rotatable bonds is 2. The Hall–Kier alpha value is -1.59. The molecule has 4 N–H and O–H groups in total. The Morgan fingerprint density at radius 3 is 2.72 bits per heavy atom. The first-order valence-corrected chi connectivity index (χ1v) is 5.93. The number of phenols is 1. The number of hydrogen-bond acceptors (Lipinski definition) is 4. The van der Waals surface area contributed by atoms with Gasteiger partial charge in [0.05, 0.1) is 19.1 Å². The van der Waals surface area contributed by atoms with Crippen LogP contribution >= 0.6 is 0 Å². The summed E-state index contributed by atoms with van der Waals surface area (Å²) in [6.45, 7) is 4.41. The Labute approximate surface area is 106 Å². The fourth-order valence-electron chi connectivity index (χ4n) is 2.00. The van der Waals surface area contributed by atoms with Crippen molar-refractivity contribution in [3.05, 3.63) is 23.3 Å². The van der Waals surface area contributed by atoms with E-state index >= 15 is 0 Å². The summed E-state index contributed by atoms with van der Waals surface area (Å²) in [5, 5.41) is 12.4. The maximum atomic E-state index is 12.0. The van der Waals surface area contributed by atoms with Gasteiger partial charge in [-0.05, 0) is 37.1 Å². The Morgan fingerprint density at radius 1 is 1.39 bits per heavy atom. The number of aromatic hydroxyl groups is 1. The van der Waals surface area contributed by atoms with Gasteiger partial charge in [-0.1, -0.05) is 0 Å². The summed E-state index contributed by atoms with van der Waals surface area (Å²) < 4.78 is 5.18. The third-order valence-corrected chi connectivity index (χ3v) is 3.26. The summed E-state index contributed by atoms with van der Waals surface area (Å²) in [6, 6.07) is 3.14. The van der Waals surface area contributed by atoms with Crippen molar-refractivity contribution in [3.63, 3.8) is 0 Å². The number of nitrogens with one attached hydrogen (secondary N) is 1. The highest BCUT2D eigenvalue weighted by Crippen LogP contribution is 2.26. The molecule has 0 radical (unpaired) electrons. The molecule has 0 saturated carbocycles. The van der Waals surface area contributed by atoms with Crippen LogP contribution in [0, 0.1) is 19.8 Å². The molecule has 2 unspecified atom stereocenters. The highest BCUT2D eigenvalue weighted by molar-refractivity contribution is 5.94. The molecule has 0 aromatic heterocycles. The quantitative estimate of drug-likeness (QED) is 0.681. The van der Waals surface area contributed by atoms with Crippen molar-refractivity contribution in [2.75, 3.05) is 18.5 Å². The minimum absolute atomic E-state index is 0.131. The van der Waals surface area contributed by atoms with Gasteiger partial charge < -0.3 is 20.9 Å². The SMILES string of the molecule is Cc1cc(NC(=O)C2COCC2N)c(C)cc1O. The van der Waals surface area contributed by atoms with E-state index in [9.17, 15) is 9.90 Å². The van der Waals surface area contributed by atoms with Crippen LogP contribution in [0.1, 0.15) is 11.1 Å². The normalized spacial score (nSPS) is 23.1. The summed E-state index contributed by atoms with van der Waals surface area (Å²) in [5.41, 5.74) is 8.05. The van der Waals surface area contributed by atoms with Crippen LogP contribution in [0.15, 0.2) is 12.1 Å². The first-order valence-electron chi connectivity index (χ1n) is 5.93. The number of carbonyl (C=O) groups is 1. The van der Waals surface area contributed by atoms with E-state index in [1.54, 1.807) is 19.1 Å². The summed E-state index contributed by atoms with van der Waals surface area (Å²) >= 11 is 0. The van der Waals surface area contributed by atoms with E-state index < -0.39 is 0 Å². The third kappa shape index (κ3) is 2.47. The molecule has 1 aromatic carbocycles. The van der Waals surface area contributed by atoms with Crippen molar-refractivity contribution >= 4 is 11.6 Å². The standard InChI is InChI=1S/C13H18N2O3/c1-7-4-12(16)8(2)3-11(7)15-13(17)9-5-18-6-10(9)14/h3-4,9-10,16H,5-6,14H2,1-2H3,(H,15,17). The van der Waals surface area contributed by atoms with Gasteiger partial charge in [0.1, 0.15) is 5.75 Å². The number of amides is 1. The fraction of sp³-hybridized carbons (Fsp3) is 0.462. The number of benzene rings is 1. The molecule has 2 atom stereocenters. The number of anilines is 1. The van der Waals surface area contributed by atoms with Crippen molar-refractivity contribution in [3.8, 4) is 5.75 Å². The van der Waals surface area contributed by atoms with Crippen molar-refractivity contribution in [1.29, 1.82) is 0 Å². The van der Waals surface area contributed by atoms with Gasteiger partial charge in [-0.2, -0.15) is 0 Å². The van der Waals surface area contributed by atoms with Gasteiger partial charge >= 0.3 is 0 Å². The number of phenolic OH excluding ortho intramolecular Hbond substituents is 1. The van der Waals surface area contributed by atoms with Gasteiger partial charge in [-0.15, -0.1) is 0 Å². The van der Waals surface area contributed by atoms with Gasteiger partial charge in [0.15, 0.2) is 0 Å². The average Bonchev–Trinajstić information content (AvgIpc) is 2.72. The zero-order valence-electron chi connectivity index (χ0n) is 10.6. The second-order valence-electron chi connectivity index (χ2n) is 4.75. The number of nitrogens with two attached hydrogens (primary N) is 1. The number of hydrogen-bond donors (Lipinski definition) is 3. The smallest absolute Gasteiger partial charge is 0.231 e. The highest BCUT2D eigenvalue weighted by atomic mass is 16.5. The van der Waals surface area contributed by atoms with Gasteiger partial charge in [-0.3, -0.25) is 4.79 Å². The van der Waals surface area contributed by atoms with Crippen molar-refractivity contribution in [2.24, 2.45) is 11.7 Å². The molecule has 1 amide bonds. The van der Waals surface area contributed by atoms with Crippen LogP contribution in [-0.4, -0.2) is 30.3 Å². The summed E-state index contributed by atoms with van der Waals surface area (Å²) in [7, 11) is 0. The third-order valence-electron chi connectivity index (χ3n) is 3.26. The van der Waals surface area contributed by atoms with Crippen LogP contribution in [0.4, 0.5) is 5.69 Å². The van der Waals surface area contributed by atoms with Crippen LogP contribution in [-0.2, 0) is 9.53 Å². The zero-order chi connectivity index (χ0) is 13.3. The molecular formula is C13H18N2O3. The van der Waals surface area contributed by atoms with Crippen LogP contribution in [0.5, 0.6) is 5.75 Å². The Balaban J connectivity index is 2.14. The maximum absolute atomic E-state index is 12.0. The van der Waals surface area contributed by atoms with E-state index in [-0.39, 0.29) is 23.6 Å². The molecule has 1 aliphatic rings.